The lowest BCUT2D eigenvalue weighted by atomic mass is 9.95. The minimum Gasteiger partial charge on any atom is -0.329 e. The Morgan fingerprint density at radius 2 is 1.47 bits per heavy atom. The highest BCUT2D eigenvalue weighted by Crippen LogP contribution is 2.18. The SMILES string of the molecule is CCCCCCCCCC(CN)N(C)CC(C)(C)C. The van der Waals surface area contributed by atoms with E-state index in [1.807, 2.05) is 0 Å². The topological polar surface area (TPSA) is 29.3 Å². The summed E-state index contributed by atoms with van der Waals surface area (Å²) in [5, 5.41) is 0. The molecule has 0 saturated heterocycles. The molecule has 0 saturated carbocycles. The zero-order chi connectivity index (χ0) is 14.7. The van der Waals surface area contributed by atoms with Crippen molar-refractivity contribution in [3.05, 3.63) is 0 Å². The molecule has 0 fully saturated rings. The van der Waals surface area contributed by atoms with Crippen molar-refractivity contribution in [1.29, 1.82) is 0 Å². The largest absolute Gasteiger partial charge is 0.329 e. The zero-order valence-corrected chi connectivity index (χ0v) is 14.2. The molecule has 0 aliphatic rings. The smallest absolute Gasteiger partial charge is 0.0215 e. The van der Waals surface area contributed by atoms with E-state index in [1.165, 1.54) is 51.4 Å². The zero-order valence-electron chi connectivity index (χ0n) is 14.2. The van der Waals surface area contributed by atoms with Crippen LogP contribution in [0.15, 0.2) is 0 Å². The first-order valence-corrected chi connectivity index (χ1v) is 8.31. The normalized spacial score (nSPS) is 14.1. The highest BCUT2D eigenvalue weighted by atomic mass is 15.1. The fourth-order valence-electron chi connectivity index (χ4n) is 2.73. The van der Waals surface area contributed by atoms with Gasteiger partial charge in [-0.1, -0.05) is 72.6 Å². The third kappa shape index (κ3) is 11.4. The van der Waals surface area contributed by atoms with Gasteiger partial charge >= 0.3 is 0 Å². The van der Waals surface area contributed by atoms with Crippen molar-refractivity contribution in [3.63, 3.8) is 0 Å². The summed E-state index contributed by atoms with van der Waals surface area (Å²) < 4.78 is 0. The lowest BCUT2D eigenvalue weighted by molar-refractivity contribution is 0.165. The molecule has 116 valence electrons. The Balaban J connectivity index is 3.69. The van der Waals surface area contributed by atoms with Gasteiger partial charge < -0.3 is 10.6 Å². The van der Waals surface area contributed by atoms with E-state index < -0.39 is 0 Å². The molecule has 0 aliphatic carbocycles. The van der Waals surface area contributed by atoms with Crippen LogP contribution in [0.1, 0.15) is 79.1 Å². The number of likely N-dealkylation sites (N-methyl/N-ethyl adjacent to an activating group) is 1. The average molecular weight is 271 g/mol. The standard InChI is InChI=1S/C17H38N2/c1-6-7-8-9-10-11-12-13-16(14-18)19(5)15-17(2,3)4/h16H,6-15,18H2,1-5H3. The summed E-state index contributed by atoms with van der Waals surface area (Å²) in [6.07, 6.45) is 11.0. The summed E-state index contributed by atoms with van der Waals surface area (Å²) in [4.78, 5) is 2.46. The second-order valence-electron chi connectivity index (χ2n) is 7.28. The molecule has 19 heavy (non-hydrogen) atoms. The van der Waals surface area contributed by atoms with Gasteiger partial charge in [0.1, 0.15) is 0 Å². The molecule has 0 rings (SSSR count). The highest BCUT2D eigenvalue weighted by Gasteiger charge is 2.19. The van der Waals surface area contributed by atoms with Gasteiger partial charge in [-0.2, -0.15) is 0 Å². The van der Waals surface area contributed by atoms with Gasteiger partial charge in [0.2, 0.25) is 0 Å². The van der Waals surface area contributed by atoms with Gasteiger partial charge in [0.25, 0.3) is 0 Å². The molecular formula is C17H38N2. The van der Waals surface area contributed by atoms with Gasteiger partial charge in [0.05, 0.1) is 0 Å². The molecule has 1 unspecified atom stereocenters. The van der Waals surface area contributed by atoms with Crippen molar-refractivity contribution in [2.45, 2.75) is 85.1 Å². The molecule has 0 aromatic rings. The lowest BCUT2D eigenvalue weighted by Crippen LogP contribution is -2.42. The van der Waals surface area contributed by atoms with E-state index in [0.717, 1.165) is 13.1 Å². The number of rotatable bonds is 11. The summed E-state index contributed by atoms with van der Waals surface area (Å²) in [5.74, 6) is 0. The first-order valence-electron chi connectivity index (χ1n) is 8.31. The van der Waals surface area contributed by atoms with Gasteiger partial charge in [-0.3, -0.25) is 0 Å². The van der Waals surface area contributed by atoms with E-state index in [0.29, 0.717) is 11.5 Å². The average Bonchev–Trinajstić information content (AvgIpc) is 2.30. The van der Waals surface area contributed by atoms with Crippen LogP contribution in [0.25, 0.3) is 0 Å². The van der Waals surface area contributed by atoms with Gasteiger partial charge in [0, 0.05) is 19.1 Å². The third-order valence-corrected chi connectivity index (χ3v) is 3.76. The molecule has 0 bridgehead atoms. The van der Waals surface area contributed by atoms with Crippen LogP contribution in [0.2, 0.25) is 0 Å². The van der Waals surface area contributed by atoms with Crippen molar-refractivity contribution in [2.24, 2.45) is 11.1 Å². The Morgan fingerprint density at radius 1 is 0.947 bits per heavy atom. The molecule has 0 aliphatic heterocycles. The Labute approximate surface area is 122 Å². The van der Waals surface area contributed by atoms with Crippen LogP contribution in [0, 0.1) is 5.41 Å². The lowest BCUT2D eigenvalue weighted by Gasteiger charge is -2.32. The predicted octanol–water partition coefficient (Wildman–Crippen LogP) is 4.43. The van der Waals surface area contributed by atoms with E-state index in [-0.39, 0.29) is 0 Å². The van der Waals surface area contributed by atoms with Crippen LogP contribution in [0.3, 0.4) is 0 Å². The fraction of sp³-hybridized carbons (Fsp3) is 1.00. The summed E-state index contributed by atoms with van der Waals surface area (Å²) >= 11 is 0. The third-order valence-electron chi connectivity index (χ3n) is 3.76. The minimum absolute atomic E-state index is 0.363. The molecule has 0 heterocycles. The Hall–Kier alpha value is -0.0800. The van der Waals surface area contributed by atoms with Gasteiger partial charge in [-0.25, -0.2) is 0 Å². The molecule has 2 nitrogen and oxygen atoms in total. The summed E-state index contributed by atoms with van der Waals surface area (Å²) in [6.45, 7) is 11.1. The number of hydrogen-bond donors (Lipinski definition) is 1. The highest BCUT2D eigenvalue weighted by molar-refractivity contribution is 4.74. The first kappa shape index (κ1) is 18.9. The molecule has 0 amide bonds. The minimum atomic E-state index is 0.363. The van der Waals surface area contributed by atoms with Gasteiger partial charge in [0.15, 0.2) is 0 Å². The Morgan fingerprint density at radius 3 is 1.95 bits per heavy atom. The quantitative estimate of drug-likeness (QED) is 0.563. The molecule has 1 atom stereocenters. The molecular weight excluding hydrogens is 232 g/mol. The van der Waals surface area contributed by atoms with Crippen LogP contribution in [0.5, 0.6) is 0 Å². The predicted molar refractivity (Wildman–Crippen MR) is 87.5 cm³/mol. The number of hydrogen-bond acceptors (Lipinski definition) is 2. The second-order valence-corrected chi connectivity index (χ2v) is 7.28. The number of nitrogens with zero attached hydrogens (tertiary/aromatic N) is 1. The van der Waals surface area contributed by atoms with Crippen molar-refractivity contribution in [2.75, 3.05) is 20.1 Å². The summed E-state index contributed by atoms with van der Waals surface area (Å²) in [5.41, 5.74) is 6.29. The van der Waals surface area contributed by atoms with Crippen molar-refractivity contribution in [1.82, 2.24) is 4.90 Å². The molecule has 0 spiro atoms. The van der Waals surface area contributed by atoms with E-state index >= 15 is 0 Å². The van der Waals surface area contributed by atoms with Crippen LogP contribution < -0.4 is 5.73 Å². The first-order chi connectivity index (χ1) is 8.90. The number of unbranched alkanes of at least 4 members (excludes halogenated alkanes) is 6. The van der Waals surface area contributed by atoms with Gasteiger partial charge in [-0.05, 0) is 18.9 Å². The van der Waals surface area contributed by atoms with Crippen LogP contribution >= 0.6 is 0 Å². The monoisotopic (exact) mass is 270 g/mol. The summed E-state index contributed by atoms with van der Waals surface area (Å²) in [6, 6.07) is 0.565. The Bertz CT molecular complexity index is 196. The summed E-state index contributed by atoms with van der Waals surface area (Å²) in [7, 11) is 2.23. The molecule has 2 heteroatoms. The van der Waals surface area contributed by atoms with E-state index in [2.05, 4.69) is 39.6 Å². The van der Waals surface area contributed by atoms with Crippen molar-refractivity contribution < 1.29 is 0 Å². The van der Waals surface area contributed by atoms with E-state index in [4.69, 9.17) is 5.73 Å². The van der Waals surface area contributed by atoms with Crippen LogP contribution in [-0.4, -0.2) is 31.1 Å². The van der Waals surface area contributed by atoms with Crippen molar-refractivity contribution >= 4 is 0 Å². The fourth-order valence-corrected chi connectivity index (χ4v) is 2.73. The van der Waals surface area contributed by atoms with Crippen LogP contribution in [-0.2, 0) is 0 Å². The molecule has 0 aromatic heterocycles. The van der Waals surface area contributed by atoms with Crippen LogP contribution in [0.4, 0.5) is 0 Å². The maximum Gasteiger partial charge on any atom is 0.0215 e. The van der Waals surface area contributed by atoms with Gasteiger partial charge in [-0.15, -0.1) is 0 Å². The van der Waals surface area contributed by atoms with E-state index in [9.17, 15) is 0 Å². The van der Waals surface area contributed by atoms with E-state index in [1.54, 1.807) is 0 Å². The molecule has 2 N–H and O–H groups in total. The van der Waals surface area contributed by atoms with Crippen molar-refractivity contribution in [3.8, 4) is 0 Å². The molecule has 0 radical (unpaired) electrons. The maximum atomic E-state index is 5.93. The second kappa shape index (κ2) is 10.7. The molecule has 0 aromatic carbocycles. The Kier molecular flexibility index (Phi) is 10.6. The number of nitrogens with two attached hydrogens (primary N) is 1. The maximum absolute atomic E-state index is 5.93.